The molecule has 0 spiro atoms. The summed E-state index contributed by atoms with van der Waals surface area (Å²) in [7, 11) is 0. The van der Waals surface area contributed by atoms with Gasteiger partial charge in [0.05, 0.1) is 6.54 Å². The molecule has 2 aromatic rings. The zero-order valence-corrected chi connectivity index (χ0v) is 12.9. The van der Waals surface area contributed by atoms with E-state index in [-0.39, 0.29) is 13.0 Å². The molecule has 1 fully saturated rings. The summed E-state index contributed by atoms with van der Waals surface area (Å²) < 4.78 is 26.7. The summed E-state index contributed by atoms with van der Waals surface area (Å²) in [5.74, 6) is -2.52. The van der Waals surface area contributed by atoms with Crippen LogP contribution in [0.2, 0.25) is 0 Å². The Morgan fingerprint density at radius 1 is 1.19 bits per heavy atom. The van der Waals surface area contributed by atoms with Crippen molar-refractivity contribution in [1.82, 2.24) is 4.90 Å². The number of benzene rings is 1. The van der Waals surface area contributed by atoms with Crippen molar-refractivity contribution in [3.05, 3.63) is 46.8 Å². The Labute approximate surface area is 128 Å². The first-order valence-electron chi connectivity index (χ1n) is 7.34. The zero-order valence-electron chi connectivity index (χ0n) is 12.1. The molecule has 0 aliphatic carbocycles. The van der Waals surface area contributed by atoms with E-state index in [2.05, 4.69) is 31.2 Å². The standard InChI is InChI=1S/C17H19F2NS/c1-2-14-7-8-16(21-14)15-6-4-3-5-13(15)11-20-10-9-17(18,19)12-20/h3-8H,2,9-12H2,1H3. The molecule has 0 amide bonds. The van der Waals surface area contributed by atoms with E-state index in [0.29, 0.717) is 13.1 Å². The van der Waals surface area contributed by atoms with Crippen molar-refractivity contribution in [2.24, 2.45) is 0 Å². The number of thiophene rings is 1. The number of nitrogens with zero attached hydrogens (tertiary/aromatic N) is 1. The topological polar surface area (TPSA) is 3.24 Å². The van der Waals surface area contributed by atoms with Gasteiger partial charge < -0.3 is 0 Å². The van der Waals surface area contributed by atoms with E-state index < -0.39 is 5.92 Å². The second-order valence-corrected chi connectivity index (χ2v) is 6.76. The highest BCUT2D eigenvalue weighted by Gasteiger charge is 2.38. The molecule has 1 aliphatic rings. The second-order valence-electron chi connectivity index (χ2n) is 5.59. The fourth-order valence-corrected chi connectivity index (χ4v) is 3.80. The van der Waals surface area contributed by atoms with E-state index in [9.17, 15) is 8.78 Å². The third kappa shape index (κ3) is 3.33. The van der Waals surface area contributed by atoms with Crippen molar-refractivity contribution in [1.29, 1.82) is 0 Å². The van der Waals surface area contributed by atoms with Gasteiger partial charge in [-0.05, 0) is 29.7 Å². The highest BCUT2D eigenvalue weighted by molar-refractivity contribution is 7.15. The molecule has 0 bridgehead atoms. The number of halogens is 2. The maximum Gasteiger partial charge on any atom is 0.261 e. The lowest BCUT2D eigenvalue weighted by atomic mass is 10.1. The van der Waals surface area contributed by atoms with E-state index in [1.807, 2.05) is 17.0 Å². The van der Waals surface area contributed by atoms with Crippen molar-refractivity contribution in [2.45, 2.75) is 32.2 Å². The number of alkyl halides is 2. The van der Waals surface area contributed by atoms with Gasteiger partial charge in [-0.15, -0.1) is 11.3 Å². The maximum absolute atomic E-state index is 13.3. The van der Waals surface area contributed by atoms with Crippen LogP contribution in [-0.2, 0) is 13.0 Å². The van der Waals surface area contributed by atoms with Crippen LogP contribution in [0.3, 0.4) is 0 Å². The highest BCUT2D eigenvalue weighted by Crippen LogP contribution is 2.33. The molecule has 1 nitrogen and oxygen atoms in total. The van der Waals surface area contributed by atoms with Crippen LogP contribution >= 0.6 is 11.3 Å². The average Bonchev–Trinajstić information content (AvgIpc) is 3.06. The first-order valence-corrected chi connectivity index (χ1v) is 8.16. The summed E-state index contributed by atoms with van der Waals surface area (Å²) in [6.45, 7) is 3.11. The molecule has 0 unspecified atom stereocenters. The Bertz CT molecular complexity index is 621. The summed E-state index contributed by atoms with van der Waals surface area (Å²) in [5, 5.41) is 0. The van der Waals surface area contributed by atoms with Gasteiger partial charge in [-0.2, -0.15) is 0 Å². The number of aryl methyl sites for hydroxylation is 1. The van der Waals surface area contributed by atoms with Crippen molar-refractivity contribution in [2.75, 3.05) is 13.1 Å². The Morgan fingerprint density at radius 3 is 2.67 bits per heavy atom. The molecular formula is C17H19F2NS. The predicted octanol–water partition coefficient (Wildman–Crippen LogP) is 4.82. The van der Waals surface area contributed by atoms with Gasteiger partial charge in [0, 0.05) is 29.3 Å². The SMILES string of the molecule is CCc1ccc(-c2ccccc2CN2CCC(F)(F)C2)s1. The van der Waals surface area contributed by atoms with Gasteiger partial charge in [0.15, 0.2) is 0 Å². The lowest BCUT2D eigenvalue weighted by molar-refractivity contribution is 0.0115. The van der Waals surface area contributed by atoms with Crippen molar-refractivity contribution >= 4 is 11.3 Å². The Morgan fingerprint density at radius 2 is 2.00 bits per heavy atom. The fourth-order valence-electron chi connectivity index (χ4n) is 2.79. The molecule has 0 saturated carbocycles. The van der Waals surface area contributed by atoms with Crippen LogP contribution in [0.1, 0.15) is 23.8 Å². The molecule has 0 atom stereocenters. The molecule has 21 heavy (non-hydrogen) atoms. The second kappa shape index (κ2) is 5.85. The molecule has 1 aromatic carbocycles. The van der Waals surface area contributed by atoms with E-state index in [0.717, 1.165) is 12.0 Å². The molecule has 2 heterocycles. The Hall–Kier alpha value is -1.26. The molecule has 1 aliphatic heterocycles. The first-order chi connectivity index (χ1) is 10.1. The van der Waals surface area contributed by atoms with Crippen LogP contribution in [0.25, 0.3) is 10.4 Å². The number of rotatable bonds is 4. The molecule has 0 radical (unpaired) electrons. The number of hydrogen-bond donors (Lipinski definition) is 0. The Balaban J connectivity index is 1.83. The summed E-state index contributed by atoms with van der Waals surface area (Å²) in [5.41, 5.74) is 2.32. The molecule has 0 N–H and O–H groups in total. The summed E-state index contributed by atoms with van der Waals surface area (Å²) in [4.78, 5) is 4.44. The monoisotopic (exact) mass is 307 g/mol. The first kappa shape index (κ1) is 14.7. The van der Waals surface area contributed by atoms with Gasteiger partial charge in [-0.25, -0.2) is 8.78 Å². The van der Waals surface area contributed by atoms with Gasteiger partial charge in [0.2, 0.25) is 0 Å². The van der Waals surface area contributed by atoms with Crippen molar-refractivity contribution in [3.63, 3.8) is 0 Å². The smallest absolute Gasteiger partial charge is 0.261 e. The lowest BCUT2D eigenvalue weighted by Gasteiger charge is -2.17. The van der Waals surface area contributed by atoms with E-state index in [4.69, 9.17) is 0 Å². The number of likely N-dealkylation sites (tertiary alicyclic amines) is 1. The normalized spacial score (nSPS) is 18.2. The van der Waals surface area contributed by atoms with Gasteiger partial charge in [-0.3, -0.25) is 4.90 Å². The summed E-state index contributed by atoms with van der Waals surface area (Å²) in [6, 6.07) is 12.4. The molecule has 1 aromatic heterocycles. The molecular weight excluding hydrogens is 288 g/mol. The van der Waals surface area contributed by atoms with E-state index >= 15 is 0 Å². The van der Waals surface area contributed by atoms with E-state index in [1.54, 1.807) is 11.3 Å². The van der Waals surface area contributed by atoms with E-state index in [1.165, 1.54) is 15.3 Å². The Kier molecular flexibility index (Phi) is 4.09. The minimum Gasteiger partial charge on any atom is -0.293 e. The largest absolute Gasteiger partial charge is 0.293 e. The van der Waals surface area contributed by atoms with Crippen molar-refractivity contribution in [3.8, 4) is 10.4 Å². The summed E-state index contributed by atoms with van der Waals surface area (Å²) in [6.07, 6.45) is 1.01. The van der Waals surface area contributed by atoms with Crippen molar-refractivity contribution < 1.29 is 8.78 Å². The van der Waals surface area contributed by atoms with Gasteiger partial charge >= 0.3 is 0 Å². The van der Waals surface area contributed by atoms with Crippen LogP contribution in [-0.4, -0.2) is 23.9 Å². The molecule has 1 saturated heterocycles. The minimum absolute atomic E-state index is 0.0197. The average molecular weight is 307 g/mol. The van der Waals surface area contributed by atoms with Gasteiger partial charge in [0.25, 0.3) is 5.92 Å². The zero-order chi connectivity index (χ0) is 14.9. The molecule has 3 rings (SSSR count). The van der Waals surface area contributed by atoms with Gasteiger partial charge in [0.1, 0.15) is 0 Å². The number of hydrogen-bond acceptors (Lipinski definition) is 2. The lowest BCUT2D eigenvalue weighted by Crippen LogP contribution is -2.25. The molecule has 112 valence electrons. The highest BCUT2D eigenvalue weighted by atomic mass is 32.1. The van der Waals surface area contributed by atoms with Crippen LogP contribution in [0, 0.1) is 0 Å². The van der Waals surface area contributed by atoms with Crippen LogP contribution < -0.4 is 0 Å². The predicted molar refractivity (Wildman–Crippen MR) is 84.0 cm³/mol. The summed E-state index contributed by atoms with van der Waals surface area (Å²) >= 11 is 1.79. The fraction of sp³-hybridized carbons (Fsp3) is 0.412. The third-order valence-corrected chi connectivity index (χ3v) is 5.20. The minimum atomic E-state index is -2.52. The third-order valence-electron chi connectivity index (χ3n) is 3.94. The van der Waals surface area contributed by atoms with Crippen LogP contribution in [0.5, 0.6) is 0 Å². The van der Waals surface area contributed by atoms with Crippen LogP contribution in [0.15, 0.2) is 36.4 Å². The van der Waals surface area contributed by atoms with Gasteiger partial charge in [-0.1, -0.05) is 31.2 Å². The molecule has 4 heteroatoms. The quantitative estimate of drug-likeness (QED) is 0.783. The maximum atomic E-state index is 13.3. The van der Waals surface area contributed by atoms with Crippen LogP contribution in [0.4, 0.5) is 8.78 Å².